The van der Waals surface area contributed by atoms with Crippen LogP contribution < -0.4 is 4.90 Å². The Morgan fingerprint density at radius 2 is 1.25 bits per heavy atom. The Morgan fingerprint density at radius 3 is 2.17 bits per heavy atom. The summed E-state index contributed by atoms with van der Waals surface area (Å²) in [6, 6.07) is 60.3. The fraction of sp³-hybridized carbons (Fsp3) is 0.0417. The van der Waals surface area contributed by atoms with Crippen molar-refractivity contribution in [2.24, 2.45) is 0 Å². The Kier molecular flexibility index (Phi) is 6.82. The monoisotopic (exact) mass is 700 g/mol. The maximum Gasteiger partial charge on any atom is 0.0561 e. The molecule has 7 aromatic carbocycles. The molecular weight excluding hydrogens is 669 g/mol. The van der Waals surface area contributed by atoms with E-state index in [9.17, 15) is 0 Å². The molecule has 1 aliphatic carbocycles. The predicted molar refractivity (Wildman–Crippen MR) is 224 cm³/mol. The van der Waals surface area contributed by atoms with E-state index in [1.807, 2.05) is 23.1 Å². The number of para-hydroxylation sites is 3. The van der Waals surface area contributed by atoms with Gasteiger partial charge in [0.15, 0.2) is 0 Å². The van der Waals surface area contributed by atoms with Crippen LogP contribution in [0.2, 0.25) is 0 Å². The molecule has 2 aromatic heterocycles. The molecule has 11 rings (SSSR count). The van der Waals surface area contributed by atoms with E-state index in [4.69, 9.17) is 0 Å². The molecule has 3 heterocycles. The van der Waals surface area contributed by atoms with E-state index in [-0.39, 0.29) is 0 Å². The van der Waals surface area contributed by atoms with Gasteiger partial charge in [0.25, 0.3) is 0 Å². The number of nitrogens with zero attached hydrogens (tertiary/aromatic N) is 2. The van der Waals surface area contributed by atoms with E-state index in [1.54, 1.807) is 0 Å². The lowest BCUT2D eigenvalue weighted by atomic mass is 9.87. The van der Waals surface area contributed by atoms with Crippen LogP contribution in [0, 0.1) is 0 Å². The van der Waals surface area contributed by atoms with Crippen molar-refractivity contribution < 1.29 is 0 Å². The third kappa shape index (κ3) is 4.58. The van der Waals surface area contributed by atoms with Gasteiger partial charge in [0, 0.05) is 69.3 Å². The summed E-state index contributed by atoms with van der Waals surface area (Å²) in [6.45, 7) is 0. The van der Waals surface area contributed by atoms with E-state index >= 15 is 0 Å². The third-order valence-electron chi connectivity index (χ3n) is 10.7. The maximum absolute atomic E-state index is 2.49. The molecule has 0 N–H and O–H groups in total. The quantitative estimate of drug-likeness (QED) is 0.177. The van der Waals surface area contributed by atoms with Crippen LogP contribution in [0.3, 0.4) is 0 Å². The number of thioether (sulfide) groups is 1. The van der Waals surface area contributed by atoms with Crippen molar-refractivity contribution in [3.63, 3.8) is 0 Å². The number of allylic oxidation sites excluding steroid dienone is 4. The molecule has 4 heteroatoms. The van der Waals surface area contributed by atoms with Crippen LogP contribution in [0.1, 0.15) is 23.5 Å². The Morgan fingerprint density at radius 1 is 0.558 bits per heavy atom. The van der Waals surface area contributed by atoms with Gasteiger partial charge in [-0.3, -0.25) is 0 Å². The fourth-order valence-corrected chi connectivity index (χ4v) is 10.9. The summed E-state index contributed by atoms with van der Waals surface area (Å²) in [7, 11) is 0. The normalized spacial score (nSPS) is 15.2. The van der Waals surface area contributed by atoms with E-state index in [0.717, 1.165) is 23.5 Å². The molecule has 0 bridgehead atoms. The van der Waals surface area contributed by atoms with Crippen molar-refractivity contribution in [3.8, 4) is 5.69 Å². The van der Waals surface area contributed by atoms with Gasteiger partial charge in [-0.2, -0.15) is 0 Å². The molecule has 0 saturated heterocycles. The molecule has 1 unspecified atom stereocenters. The highest BCUT2D eigenvalue weighted by atomic mass is 32.2. The molecule has 0 amide bonds. The average Bonchev–Trinajstić information content (AvgIpc) is 3.88. The van der Waals surface area contributed by atoms with Crippen molar-refractivity contribution in [2.75, 3.05) is 4.90 Å². The highest BCUT2D eigenvalue weighted by Gasteiger charge is 2.32. The van der Waals surface area contributed by atoms with Gasteiger partial charge in [-0.15, -0.1) is 11.3 Å². The van der Waals surface area contributed by atoms with Gasteiger partial charge in [0.2, 0.25) is 0 Å². The molecule has 1 atom stereocenters. The highest BCUT2D eigenvalue weighted by Crippen LogP contribution is 2.56. The highest BCUT2D eigenvalue weighted by molar-refractivity contribution is 8.03. The zero-order chi connectivity index (χ0) is 34.2. The SMILES string of the molecule is C1=CC(c2ccccc2N(c2ccc3c(c2)sc2ccccc23)c2ccc3c4ccccc4n(-c4ccccc4)c3c2)=C2Sc3ccccc3C2C1. The lowest BCUT2D eigenvalue weighted by molar-refractivity contribution is 0.841. The van der Waals surface area contributed by atoms with Gasteiger partial charge in [-0.25, -0.2) is 0 Å². The van der Waals surface area contributed by atoms with Gasteiger partial charge in [0.1, 0.15) is 0 Å². The lowest BCUT2D eigenvalue weighted by Crippen LogP contribution is -2.13. The number of fused-ring (bicyclic) bond motifs is 9. The Balaban J connectivity index is 1.17. The topological polar surface area (TPSA) is 8.17 Å². The second-order valence-electron chi connectivity index (χ2n) is 13.6. The van der Waals surface area contributed by atoms with Gasteiger partial charge in [-0.05, 0) is 78.2 Å². The molecule has 246 valence electrons. The molecular formula is C48H32N2S2. The molecule has 0 radical (unpaired) electrons. The molecule has 1 aliphatic heterocycles. The molecule has 0 saturated carbocycles. The van der Waals surface area contributed by atoms with Crippen LogP contribution in [0.4, 0.5) is 17.1 Å². The van der Waals surface area contributed by atoms with Gasteiger partial charge in [0.05, 0.1) is 16.7 Å². The summed E-state index contributed by atoms with van der Waals surface area (Å²) in [6.07, 6.45) is 5.78. The molecule has 0 spiro atoms. The molecule has 9 aromatic rings. The molecule has 2 aliphatic rings. The van der Waals surface area contributed by atoms with Gasteiger partial charge >= 0.3 is 0 Å². The van der Waals surface area contributed by atoms with Crippen LogP contribution in [0.15, 0.2) is 186 Å². The van der Waals surface area contributed by atoms with Crippen LogP contribution in [0.25, 0.3) is 53.2 Å². The second-order valence-corrected chi connectivity index (χ2v) is 15.8. The minimum Gasteiger partial charge on any atom is -0.310 e. The summed E-state index contributed by atoms with van der Waals surface area (Å²) in [5.41, 5.74) is 11.0. The largest absolute Gasteiger partial charge is 0.310 e. The molecule has 2 nitrogen and oxygen atoms in total. The standard InChI is InChI=1S/C48H32N2S2/c1-2-13-31(14-3-1)50-43-22-9-4-15-34(43)36-27-25-32(29-44(36)50)49(33-26-28-39-37-17-6-10-23-45(37)51-47(39)30-33)42-21-8-5-16-35(42)40-19-12-20-41-38-18-7-11-24-46(38)52-48(40)41/h1-19,21-30,41H,20H2. The smallest absolute Gasteiger partial charge is 0.0561 e. The first-order valence-corrected chi connectivity index (χ1v) is 19.5. The van der Waals surface area contributed by atoms with Crippen molar-refractivity contribution in [1.29, 1.82) is 0 Å². The van der Waals surface area contributed by atoms with Crippen molar-refractivity contribution in [1.82, 2.24) is 4.57 Å². The van der Waals surface area contributed by atoms with Gasteiger partial charge in [-0.1, -0.05) is 127 Å². The van der Waals surface area contributed by atoms with Crippen LogP contribution in [0.5, 0.6) is 0 Å². The van der Waals surface area contributed by atoms with Crippen molar-refractivity contribution >= 4 is 87.7 Å². The molecule has 52 heavy (non-hydrogen) atoms. The van der Waals surface area contributed by atoms with E-state index < -0.39 is 0 Å². The van der Waals surface area contributed by atoms with E-state index in [2.05, 4.69) is 185 Å². The third-order valence-corrected chi connectivity index (χ3v) is 13.2. The van der Waals surface area contributed by atoms with Crippen molar-refractivity contribution in [2.45, 2.75) is 17.2 Å². The number of anilines is 3. The summed E-state index contributed by atoms with van der Waals surface area (Å²) in [5, 5.41) is 5.13. The number of hydrogen-bond acceptors (Lipinski definition) is 3. The number of thiophene rings is 1. The first kappa shape index (κ1) is 29.9. The number of benzene rings is 7. The zero-order valence-electron chi connectivity index (χ0n) is 28.2. The minimum atomic E-state index is 0.399. The summed E-state index contributed by atoms with van der Waals surface area (Å²) in [5.74, 6) is 0.399. The Labute approximate surface area is 310 Å². The fourth-order valence-electron chi connectivity index (χ4n) is 8.43. The first-order valence-electron chi connectivity index (χ1n) is 17.9. The summed E-state index contributed by atoms with van der Waals surface area (Å²) >= 11 is 3.82. The van der Waals surface area contributed by atoms with Crippen molar-refractivity contribution in [3.05, 3.63) is 192 Å². The maximum atomic E-state index is 2.49. The number of aromatic nitrogens is 1. The zero-order valence-corrected chi connectivity index (χ0v) is 29.9. The van der Waals surface area contributed by atoms with E-state index in [1.165, 1.54) is 74.2 Å². The molecule has 0 fully saturated rings. The first-order chi connectivity index (χ1) is 25.8. The number of rotatable bonds is 5. The minimum absolute atomic E-state index is 0.399. The van der Waals surface area contributed by atoms with Crippen LogP contribution in [-0.4, -0.2) is 4.57 Å². The van der Waals surface area contributed by atoms with Gasteiger partial charge < -0.3 is 9.47 Å². The Bertz CT molecular complexity index is 2930. The lowest BCUT2D eigenvalue weighted by Gasteiger charge is -2.29. The Hall–Kier alpha value is -5.81. The predicted octanol–water partition coefficient (Wildman–Crippen LogP) is 14.2. The summed E-state index contributed by atoms with van der Waals surface area (Å²) in [4.78, 5) is 5.33. The number of hydrogen-bond donors (Lipinski definition) is 0. The summed E-state index contributed by atoms with van der Waals surface area (Å²) < 4.78 is 5.03. The van der Waals surface area contributed by atoms with Crippen LogP contribution in [-0.2, 0) is 0 Å². The van der Waals surface area contributed by atoms with Crippen LogP contribution >= 0.6 is 23.1 Å². The average molecular weight is 701 g/mol. The second kappa shape index (κ2) is 11.9. The van der Waals surface area contributed by atoms with E-state index in [0.29, 0.717) is 5.92 Å².